The quantitative estimate of drug-likeness (QED) is 0.219. The van der Waals surface area contributed by atoms with Crippen LogP contribution in [0.15, 0.2) is 48.5 Å². The number of benzene rings is 3. The van der Waals surface area contributed by atoms with Gasteiger partial charge in [0, 0.05) is 11.5 Å². The monoisotopic (exact) mass is 642 g/mol. The second kappa shape index (κ2) is 11.3. The number of hydrogen-bond donors (Lipinski definition) is 1. The van der Waals surface area contributed by atoms with E-state index in [1.807, 2.05) is 0 Å². The number of phenols is 1. The maximum absolute atomic E-state index is 11.9. The van der Waals surface area contributed by atoms with Gasteiger partial charge >= 0.3 is 37.9 Å². The number of fused-ring (bicyclic) bond motifs is 3. The Morgan fingerprint density at radius 2 is 0.897 bits per heavy atom. The first kappa shape index (κ1) is 32.4. The fourth-order valence-electron chi connectivity index (χ4n) is 5.41. The van der Waals surface area contributed by atoms with Crippen molar-refractivity contribution in [3.05, 3.63) is 87.5 Å². The molecule has 1 nitrogen and oxygen atoms in total. The number of halogens is 2. The Morgan fingerprint density at radius 3 is 1.23 bits per heavy atom. The topological polar surface area (TPSA) is 20.2 Å². The zero-order valence-electron chi connectivity index (χ0n) is 25.9. The van der Waals surface area contributed by atoms with Crippen molar-refractivity contribution in [2.24, 2.45) is 0 Å². The summed E-state index contributed by atoms with van der Waals surface area (Å²) in [5.74, 6) is 0.449. The first-order valence-corrected chi connectivity index (χ1v) is 20.2. The molecule has 0 spiro atoms. The van der Waals surface area contributed by atoms with Crippen LogP contribution in [0.3, 0.4) is 0 Å². The first-order valence-electron chi connectivity index (χ1n) is 13.8. The number of hydrogen-bond acceptors (Lipinski definition) is 1. The molecule has 0 saturated heterocycles. The van der Waals surface area contributed by atoms with Crippen molar-refractivity contribution in [2.75, 3.05) is 0 Å². The van der Waals surface area contributed by atoms with Gasteiger partial charge in [0.2, 0.25) is 0 Å². The van der Waals surface area contributed by atoms with Crippen LogP contribution < -0.4 is 0 Å². The third kappa shape index (κ3) is 6.88. The van der Waals surface area contributed by atoms with Gasteiger partial charge in [-0.25, -0.2) is 0 Å². The van der Waals surface area contributed by atoms with Crippen molar-refractivity contribution in [2.45, 2.75) is 111 Å². The molecule has 3 aromatic carbocycles. The van der Waals surface area contributed by atoms with Crippen LogP contribution in [0.2, 0.25) is 0 Å². The van der Waals surface area contributed by atoms with Gasteiger partial charge < -0.3 is 5.11 Å². The van der Waals surface area contributed by atoms with Gasteiger partial charge in [-0.05, 0) is 66.2 Å². The molecule has 1 N–H and O–H groups in total. The molecule has 1 aliphatic rings. The summed E-state index contributed by atoms with van der Waals surface area (Å²) in [6.45, 7) is 27.1. The second-order valence-electron chi connectivity index (χ2n) is 15.1. The Morgan fingerprint density at radius 1 is 0.538 bits per heavy atom. The predicted octanol–water partition coefficient (Wildman–Crippen LogP) is 11.1. The van der Waals surface area contributed by atoms with E-state index >= 15 is 0 Å². The van der Waals surface area contributed by atoms with Crippen LogP contribution >= 0.6 is 17.0 Å². The van der Waals surface area contributed by atoms with Crippen molar-refractivity contribution in [1.82, 2.24) is 0 Å². The van der Waals surface area contributed by atoms with E-state index in [1.54, 1.807) is 0 Å². The average Bonchev–Trinajstić information content (AvgIpc) is 3.10. The van der Waals surface area contributed by atoms with Gasteiger partial charge in [0.05, 0.1) is 0 Å². The van der Waals surface area contributed by atoms with Crippen LogP contribution in [0.5, 0.6) is 5.75 Å². The van der Waals surface area contributed by atoms with Crippen LogP contribution in [0.25, 0.3) is 11.1 Å². The Bertz CT molecular complexity index is 1280. The fourth-order valence-corrected chi connectivity index (χ4v) is 5.41. The third-order valence-corrected chi connectivity index (χ3v) is 7.87. The molecule has 0 aliphatic heterocycles. The molecular formula is C35H46Cl2OZr. The summed E-state index contributed by atoms with van der Waals surface area (Å²) in [7, 11) is 9.87. The minimum absolute atomic E-state index is 0.00278. The summed E-state index contributed by atoms with van der Waals surface area (Å²) >= 11 is -0.826. The Labute approximate surface area is 256 Å². The average molecular weight is 645 g/mol. The van der Waals surface area contributed by atoms with Gasteiger partial charge in [-0.1, -0.05) is 132 Å². The normalized spacial score (nSPS) is 13.9. The van der Waals surface area contributed by atoms with Crippen molar-refractivity contribution in [3.63, 3.8) is 0 Å². The van der Waals surface area contributed by atoms with Gasteiger partial charge in [-0.3, -0.25) is 0 Å². The van der Waals surface area contributed by atoms with E-state index in [4.69, 9.17) is 17.0 Å². The summed E-state index contributed by atoms with van der Waals surface area (Å²) in [5.41, 5.74) is 11.1. The van der Waals surface area contributed by atoms with Crippen LogP contribution in [0.1, 0.15) is 128 Å². The Kier molecular flexibility index (Phi) is 9.40. The van der Waals surface area contributed by atoms with Gasteiger partial charge in [0.15, 0.2) is 0 Å². The van der Waals surface area contributed by atoms with Crippen molar-refractivity contribution in [3.8, 4) is 16.9 Å². The van der Waals surface area contributed by atoms with E-state index in [0.29, 0.717) is 5.75 Å². The number of rotatable bonds is 1. The zero-order chi connectivity index (χ0) is 29.7. The summed E-state index contributed by atoms with van der Waals surface area (Å²) in [5, 5.41) is 11.9. The molecule has 4 heteroatoms. The second-order valence-corrected chi connectivity index (χ2v) is 18.8. The summed E-state index contributed by atoms with van der Waals surface area (Å²) < 4.78 is 0. The molecule has 39 heavy (non-hydrogen) atoms. The van der Waals surface area contributed by atoms with E-state index in [2.05, 4.69) is 132 Å². The van der Waals surface area contributed by atoms with Gasteiger partial charge in [-0.2, -0.15) is 0 Å². The molecule has 3 aromatic rings. The fraction of sp³-hybridized carbons (Fsp3) is 0.486. The molecule has 0 aromatic heterocycles. The number of phenolic OH excluding ortho intramolecular Hbond substituents is 1. The van der Waals surface area contributed by atoms with E-state index in [0.717, 1.165) is 11.1 Å². The van der Waals surface area contributed by atoms with E-state index in [1.165, 1.54) is 38.9 Å². The minimum atomic E-state index is -0.826. The van der Waals surface area contributed by atoms with Crippen molar-refractivity contribution in [1.29, 1.82) is 0 Å². The van der Waals surface area contributed by atoms with Gasteiger partial charge in [0.1, 0.15) is 5.75 Å². The molecule has 0 bridgehead atoms. The molecule has 210 valence electrons. The van der Waals surface area contributed by atoms with E-state index in [9.17, 15) is 5.11 Å². The summed E-state index contributed by atoms with van der Waals surface area (Å²) in [4.78, 5) is 0. The van der Waals surface area contributed by atoms with E-state index < -0.39 is 20.8 Å². The third-order valence-electron chi connectivity index (χ3n) is 7.87. The standard InChI is InChI=1S/C35H46O.2ClH.Zr/c1-32(2,3)21-13-15-24-25-16-14-22(33(4,5)6)18-27(25)30(26(24)17-21)28-19-23(34(7,8)9)20-29(31(28)36)35(10,11)12;;;/h13-20,30,36H,1-12H3;2*1H;/q;;;+2/p-2. The molecule has 0 saturated carbocycles. The molecule has 4 rings (SSSR count). The van der Waals surface area contributed by atoms with Crippen molar-refractivity contribution >= 4 is 17.0 Å². The number of aromatic hydroxyl groups is 1. The molecule has 1 aliphatic carbocycles. The van der Waals surface area contributed by atoms with Gasteiger partial charge in [0.25, 0.3) is 0 Å². The van der Waals surface area contributed by atoms with Gasteiger partial charge in [-0.15, -0.1) is 0 Å². The molecule has 0 fully saturated rings. The Balaban J connectivity index is 0.00000134. The van der Waals surface area contributed by atoms with Crippen LogP contribution in [-0.4, -0.2) is 5.11 Å². The maximum atomic E-state index is 11.9. The van der Waals surface area contributed by atoms with E-state index in [-0.39, 0.29) is 27.6 Å². The predicted molar refractivity (Wildman–Crippen MR) is 167 cm³/mol. The van der Waals surface area contributed by atoms with Crippen LogP contribution in [0, 0.1) is 0 Å². The van der Waals surface area contributed by atoms with Crippen molar-refractivity contribution < 1.29 is 26.0 Å². The molecule has 0 heterocycles. The zero-order valence-corrected chi connectivity index (χ0v) is 29.9. The molecule has 0 amide bonds. The summed E-state index contributed by atoms with van der Waals surface area (Å²) in [6.07, 6.45) is 0. The molecule has 0 radical (unpaired) electrons. The SMILES string of the molecule is CC(C)(C)c1ccc2c(c1)C(c1cc(C(C)(C)C)cc(C(C)(C)C)c1O)c1cc(C(C)(C)C)ccc1-2.[Cl][Zr][Cl]. The summed E-state index contributed by atoms with van der Waals surface area (Å²) in [6, 6.07) is 18.5. The molecule has 0 unspecified atom stereocenters. The first-order chi connectivity index (χ1) is 17.7. The molecule has 0 atom stereocenters. The van der Waals surface area contributed by atoms with Crippen LogP contribution in [-0.2, 0) is 42.5 Å². The van der Waals surface area contributed by atoms with Crippen LogP contribution in [0.4, 0.5) is 0 Å². The molecular weight excluding hydrogens is 599 g/mol. The Hall–Kier alpha value is -1.08.